The number of allylic oxidation sites excluding steroid dienone is 9. The van der Waals surface area contributed by atoms with E-state index in [0.29, 0.717) is 11.2 Å². The van der Waals surface area contributed by atoms with Gasteiger partial charge >= 0.3 is 0 Å². The minimum Gasteiger partial charge on any atom is -0.118 e. The Bertz CT molecular complexity index is 1100. The van der Waals surface area contributed by atoms with Crippen LogP contribution in [0.5, 0.6) is 0 Å². The Morgan fingerprint density at radius 2 is 1.68 bits per heavy atom. The molecule has 4 aliphatic rings. The molecule has 2 heteroatoms. The van der Waals surface area contributed by atoms with Crippen molar-refractivity contribution in [2.75, 3.05) is 0 Å². The summed E-state index contributed by atoms with van der Waals surface area (Å²) in [5, 5.41) is 2.21. The molecule has 0 saturated heterocycles. The van der Waals surface area contributed by atoms with Gasteiger partial charge in [0.05, 0.1) is 14.0 Å². The monoisotopic (exact) mass is 400 g/mol. The molecule has 1 aromatic rings. The SMILES string of the molecule is CC1=Cc2ccccc2C1C1=C2C=C3C(C)=C(C)SC3C=C2C([SiH](C)C)=C1C. The highest BCUT2D eigenvalue weighted by Gasteiger charge is 2.39. The normalized spacial score (nSPS) is 25.9. The molecule has 3 aliphatic carbocycles. The maximum Gasteiger partial charge on any atom is 0.0658 e. The molecule has 0 bridgehead atoms. The van der Waals surface area contributed by atoms with Gasteiger partial charge in [-0.15, -0.1) is 11.8 Å². The maximum atomic E-state index is 2.59. The van der Waals surface area contributed by atoms with E-state index >= 15 is 0 Å². The third-order valence-electron chi connectivity index (χ3n) is 6.88. The van der Waals surface area contributed by atoms with E-state index in [1.807, 2.05) is 11.8 Å². The Balaban J connectivity index is 1.76. The molecule has 1 heterocycles. The lowest BCUT2D eigenvalue weighted by Gasteiger charge is -2.23. The van der Waals surface area contributed by atoms with Crippen LogP contribution in [0.1, 0.15) is 44.7 Å². The van der Waals surface area contributed by atoms with Crippen molar-refractivity contribution in [3.63, 3.8) is 0 Å². The molecule has 0 radical (unpaired) electrons. The highest BCUT2D eigenvalue weighted by atomic mass is 32.2. The average molecular weight is 401 g/mol. The van der Waals surface area contributed by atoms with Crippen LogP contribution in [0.4, 0.5) is 0 Å². The third-order valence-corrected chi connectivity index (χ3v) is 10.1. The van der Waals surface area contributed by atoms with Crippen LogP contribution in [-0.4, -0.2) is 14.0 Å². The zero-order valence-electron chi connectivity index (χ0n) is 17.7. The number of fused-ring (bicyclic) bond motifs is 3. The molecule has 2 atom stereocenters. The van der Waals surface area contributed by atoms with Gasteiger partial charge in [0.2, 0.25) is 0 Å². The van der Waals surface area contributed by atoms with Crippen molar-refractivity contribution in [3.8, 4) is 0 Å². The van der Waals surface area contributed by atoms with E-state index in [-0.39, 0.29) is 0 Å². The fourth-order valence-corrected chi connectivity index (χ4v) is 8.68. The number of hydrogen-bond acceptors (Lipinski definition) is 1. The number of rotatable bonds is 2. The summed E-state index contributed by atoms with van der Waals surface area (Å²) < 4.78 is 0. The predicted octanol–water partition coefficient (Wildman–Crippen LogP) is 7.12. The van der Waals surface area contributed by atoms with E-state index < -0.39 is 8.80 Å². The van der Waals surface area contributed by atoms with Crippen LogP contribution in [0.3, 0.4) is 0 Å². The molecule has 0 aromatic heterocycles. The zero-order chi connectivity index (χ0) is 19.7. The van der Waals surface area contributed by atoms with Crippen LogP contribution < -0.4 is 0 Å². The van der Waals surface area contributed by atoms with Crippen LogP contribution >= 0.6 is 11.8 Å². The summed E-state index contributed by atoms with van der Waals surface area (Å²) in [5.74, 6) is 0.410. The second-order valence-electron chi connectivity index (χ2n) is 8.87. The summed E-state index contributed by atoms with van der Waals surface area (Å²) in [6, 6.07) is 8.97. The molecule has 0 fully saturated rings. The van der Waals surface area contributed by atoms with Crippen molar-refractivity contribution in [1.82, 2.24) is 0 Å². The van der Waals surface area contributed by atoms with E-state index in [4.69, 9.17) is 0 Å². The molecule has 28 heavy (non-hydrogen) atoms. The van der Waals surface area contributed by atoms with Crippen molar-refractivity contribution in [3.05, 3.63) is 96.7 Å². The standard InChI is InChI=1S/C26H28SSi/c1-14-11-18-9-7-8-10-19(18)24(14)25-16(3)26(28(5)6)22-13-23-20(12-21(22)25)15(2)17(4)27-23/h7-13,23-24,28H,1-6H3. The number of thioether (sulfide) groups is 1. The first-order valence-electron chi connectivity index (χ1n) is 10.4. The van der Waals surface area contributed by atoms with Gasteiger partial charge in [0.1, 0.15) is 0 Å². The van der Waals surface area contributed by atoms with Crippen molar-refractivity contribution in [1.29, 1.82) is 0 Å². The molecule has 0 nitrogen and oxygen atoms in total. The van der Waals surface area contributed by atoms with E-state index in [2.05, 4.69) is 83.3 Å². The van der Waals surface area contributed by atoms with E-state index in [1.54, 1.807) is 21.9 Å². The topological polar surface area (TPSA) is 0 Å². The van der Waals surface area contributed by atoms with Crippen molar-refractivity contribution < 1.29 is 0 Å². The molecule has 1 aromatic carbocycles. The molecular formula is C26H28SSi. The first-order chi connectivity index (χ1) is 13.4. The van der Waals surface area contributed by atoms with E-state index in [0.717, 1.165) is 0 Å². The van der Waals surface area contributed by atoms with Crippen molar-refractivity contribution >= 4 is 26.6 Å². The highest BCUT2D eigenvalue weighted by molar-refractivity contribution is 8.04. The summed E-state index contributed by atoms with van der Waals surface area (Å²) in [4.78, 5) is 1.49. The van der Waals surface area contributed by atoms with Crippen LogP contribution in [-0.2, 0) is 0 Å². The molecule has 142 valence electrons. The quantitative estimate of drug-likeness (QED) is 0.476. The van der Waals surface area contributed by atoms with Gasteiger partial charge in [0.15, 0.2) is 0 Å². The second kappa shape index (κ2) is 6.37. The third kappa shape index (κ3) is 2.44. The highest BCUT2D eigenvalue weighted by Crippen LogP contribution is 2.55. The number of benzene rings is 1. The van der Waals surface area contributed by atoms with E-state index in [1.165, 1.54) is 38.3 Å². The van der Waals surface area contributed by atoms with Crippen molar-refractivity contribution in [2.45, 2.75) is 52.0 Å². The molecule has 1 aliphatic heterocycles. The molecule has 0 spiro atoms. The van der Waals surface area contributed by atoms with Gasteiger partial charge in [0.25, 0.3) is 0 Å². The van der Waals surface area contributed by atoms with Crippen LogP contribution in [0, 0.1) is 0 Å². The Labute approximate surface area is 175 Å². The van der Waals surface area contributed by atoms with Gasteiger partial charge in [0, 0.05) is 5.92 Å². The first-order valence-corrected chi connectivity index (χ1v) is 14.2. The lowest BCUT2D eigenvalue weighted by molar-refractivity contribution is 0.950. The Morgan fingerprint density at radius 3 is 2.43 bits per heavy atom. The van der Waals surface area contributed by atoms with Crippen LogP contribution in [0.15, 0.2) is 85.5 Å². The summed E-state index contributed by atoms with van der Waals surface area (Å²) in [5.41, 5.74) is 13.6. The molecule has 2 unspecified atom stereocenters. The maximum absolute atomic E-state index is 2.59. The molecule has 0 saturated carbocycles. The zero-order valence-corrected chi connectivity index (χ0v) is 19.7. The predicted molar refractivity (Wildman–Crippen MR) is 127 cm³/mol. The van der Waals surface area contributed by atoms with Gasteiger partial charge in [-0.1, -0.05) is 60.3 Å². The fourth-order valence-electron chi connectivity index (χ4n) is 5.53. The average Bonchev–Trinajstić information content (AvgIpc) is 3.22. The van der Waals surface area contributed by atoms with Crippen molar-refractivity contribution in [2.24, 2.45) is 0 Å². The lowest BCUT2D eigenvalue weighted by atomic mass is 9.82. The summed E-state index contributed by atoms with van der Waals surface area (Å²) in [6.45, 7) is 14.3. The summed E-state index contributed by atoms with van der Waals surface area (Å²) in [7, 11) is -0.934. The Hall–Kier alpha value is -1.77. The Morgan fingerprint density at radius 1 is 0.929 bits per heavy atom. The summed E-state index contributed by atoms with van der Waals surface area (Å²) >= 11 is 2.04. The number of hydrogen-bond donors (Lipinski definition) is 0. The molecule has 0 N–H and O–H groups in total. The summed E-state index contributed by atoms with van der Waals surface area (Å²) in [6.07, 6.45) is 7.54. The van der Waals surface area contributed by atoms with Gasteiger partial charge in [-0.25, -0.2) is 0 Å². The Kier molecular flexibility index (Phi) is 4.15. The minimum atomic E-state index is -0.934. The lowest BCUT2D eigenvalue weighted by Crippen LogP contribution is -2.13. The minimum absolute atomic E-state index is 0.410. The van der Waals surface area contributed by atoms with Gasteiger partial charge in [-0.05, 0) is 83.2 Å². The second-order valence-corrected chi connectivity index (χ2v) is 13.1. The fraction of sp³-hybridized carbons (Fsp3) is 0.308. The van der Waals surface area contributed by atoms with Gasteiger partial charge < -0.3 is 0 Å². The van der Waals surface area contributed by atoms with Crippen LogP contribution in [0.2, 0.25) is 13.1 Å². The van der Waals surface area contributed by atoms with Crippen LogP contribution in [0.25, 0.3) is 6.08 Å². The van der Waals surface area contributed by atoms with E-state index in [9.17, 15) is 0 Å². The molecule has 0 amide bonds. The molecule has 5 rings (SSSR count). The smallest absolute Gasteiger partial charge is 0.0658 e. The van der Waals surface area contributed by atoms with Gasteiger partial charge in [-0.2, -0.15) is 0 Å². The first kappa shape index (κ1) is 18.3. The van der Waals surface area contributed by atoms with Gasteiger partial charge in [-0.3, -0.25) is 0 Å². The molecular weight excluding hydrogens is 372 g/mol. The largest absolute Gasteiger partial charge is 0.118 e.